The van der Waals surface area contributed by atoms with Crippen LogP contribution in [0, 0.1) is 0 Å². The second kappa shape index (κ2) is 14.0. The Morgan fingerprint density at radius 3 is 2.52 bits per heavy atom. The van der Waals surface area contributed by atoms with E-state index in [2.05, 4.69) is 5.32 Å². The molecule has 0 radical (unpaired) electrons. The second-order valence-corrected chi connectivity index (χ2v) is 12.4. The monoisotopic (exact) mass is 608 g/mol. The van der Waals surface area contributed by atoms with Crippen molar-refractivity contribution in [1.82, 2.24) is 15.1 Å². The predicted octanol–water partition coefficient (Wildman–Crippen LogP) is 4.98. The summed E-state index contributed by atoms with van der Waals surface area (Å²) < 4.78 is 16.7. The number of nitrogens with one attached hydrogen (secondary N) is 1. The normalized spacial score (nSPS) is 18.3. The molecule has 238 valence electrons. The van der Waals surface area contributed by atoms with Crippen LogP contribution in [-0.2, 0) is 20.9 Å². The van der Waals surface area contributed by atoms with Gasteiger partial charge in [0, 0.05) is 37.8 Å². The number of hydrogen-bond acceptors (Lipinski definition) is 7. The van der Waals surface area contributed by atoms with Crippen molar-refractivity contribution >= 4 is 29.7 Å². The van der Waals surface area contributed by atoms with Crippen LogP contribution >= 0.6 is 0 Å². The molecular weight excluding hydrogens is 564 g/mol. The van der Waals surface area contributed by atoms with Crippen molar-refractivity contribution in [3.05, 3.63) is 59.7 Å². The number of carbonyl (C=O) groups excluding carboxylic acids is 4. The summed E-state index contributed by atoms with van der Waals surface area (Å²) in [5, 5.41) is 2.69. The van der Waals surface area contributed by atoms with Crippen LogP contribution in [0.2, 0.25) is 0 Å². The molecule has 0 aromatic heterocycles. The number of fused-ring (bicyclic) bond motifs is 1. The van der Waals surface area contributed by atoms with E-state index >= 15 is 0 Å². The number of amides is 4. The molecule has 11 heteroatoms. The summed E-state index contributed by atoms with van der Waals surface area (Å²) in [6.07, 6.45) is -0.190. The summed E-state index contributed by atoms with van der Waals surface area (Å²) in [5.74, 6) is 0.000179. The Morgan fingerprint density at radius 2 is 1.84 bits per heavy atom. The highest BCUT2D eigenvalue weighted by atomic mass is 16.6. The van der Waals surface area contributed by atoms with Gasteiger partial charge in [-0.2, -0.15) is 0 Å². The molecule has 2 atom stereocenters. The van der Waals surface area contributed by atoms with Crippen LogP contribution in [0.3, 0.4) is 0 Å². The van der Waals surface area contributed by atoms with Gasteiger partial charge < -0.3 is 34.2 Å². The molecule has 2 aromatic carbocycles. The molecule has 2 aliphatic heterocycles. The minimum Gasteiger partial charge on any atom is -0.479 e. The number of rotatable bonds is 8. The molecule has 4 rings (SSSR count). The third-order valence-corrected chi connectivity index (χ3v) is 7.46. The van der Waals surface area contributed by atoms with E-state index in [1.54, 1.807) is 34.9 Å². The molecule has 11 nitrogen and oxygen atoms in total. The first kappa shape index (κ1) is 32.6. The summed E-state index contributed by atoms with van der Waals surface area (Å²) in [5.41, 5.74) is 1.12. The van der Waals surface area contributed by atoms with Gasteiger partial charge in [-0.3, -0.25) is 9.59 Å². The molecule has 0 unspecified atom stereocenters. The number of benzene rings is 2. The minimum absolute atomic E-state index is 0.136. The standard InChI is InChI=1S/C33H44N4O7/c1-22(2)37(26-13-10-17-35(20-26)32(41)44-33(4,5)6)30(39)25-14-15-28-27(19-25)36(29(38)23(3)43-28)18-16-34-31(40)42-21-24-11-8-7-9-12-24/h7-9,11-12,14-15,19,22-23,26H,10,13,16-18,20-21H2,1-6H3,(H,34,40)/t23-,26-/m1/s1. The Labute approximate surface area is 259 Å². The van der Waals surface area contributed by atoms with Crippen molar-refractivity contribution in [2.75, 3.05) is 31.1 Å². The van der Waals surface area contributed by atoms with Gasteiger partial charge in [0.2, 0.25) is 0 Å². The highest BCUT2D eigenvalue weighted by molar-refractivity contribution is 6.02. The maximum absolute atomic E-state index is 14.0. The Bertz CT molecular complexity index is 1340. The average molecular weight is 609 g/mol. The van der Waals surface area contributed by atoms with E-state index in [0.29, 0.717) is 30.1 Å². The quantitative estimate of drug-likeness (QED) is 0.449. The van der Waals surface area contributed by atoms with Gasteiger partial charge in [-0.05, 0) is 78.1 Å². The zero-order chi connectivity index (χ0) is 32.0. The van der Waals surface area contributed by atoms with Crippen molar-refractivity contribution in [2.45, 2.75) is 84.8 Å². The molecule has 44 heavy (non-hydrogen) atoms. The minimum atomic E-state index is -0.720. The SMILES string of the molecule is CC(C)N(C(=O)c1ccc2c(c1)N(CCNC(=O)OCc1ccccc1)C(=O)[C@@H](C)O2)[C@@H]1CCCN(C(=O)OC(C)(C)C)C1. The molecule has 0 bridgehead atoms. The zero-order valence-corrected chi connectivity index (χ0v) is 26.5. The number of alkyl carbamates (subject to hydrolysis) is 1. The first-order valence-electron chi connectivity index (χ1n) is 15.2. The van der Waals surface area contributed by atoms with Gasteiger partial charge in [0.1, 0.15) is 18.0 Å². The van der Waals surface area contributed by atoms with Gasteiger partial charge >= 0.3 is 12.2 Å². The van der Waals surface area contributed by atoms with Crippen LogP contribution in [-0.4, -0.2) is 83.8 Å². The number of hydrogen-bond donors (Lipinski definition) is 1. The van der Waals surface area contributed by atoms with E-state index in [0.717, 1.165) is 18.4 Å². The number of anilines is 1. The summed E-state index contributed by atoms with van der Waals surface area (Å²) >= 11 is 0. The lowest BCUT2D eigenvalue weighted by atomic mass is 10.0. The van der Waals surface area contributed by atoms with Gasteiger partial charge in [-0.15, -0.1) is 0 Å². The van der Waals surface area contributed by atoms with E-state index in [4.69, 9.17) is 14.2 Å². The largest absolute Gasteiger partial charge is 0.479 e. The van der Waals surface area contributed by atoms with Crippen molar-refractivity contribution in [1.29, 1.82) is 0 Å². The molecular formula is C33H44N4O7. The van der Waals surface area contributed by atoms with E-state index < -0.39 is 17.8 Å². The molecule has 2 aromatic rings. The molecule has 0 aliphatic carbocycles. The number of carbonyl (C=O) groups is 4. The van der Waals surface area contributed by atoms with Crippen LogP contribution < -0.4 is 15.0 Å². The lowest BCUT2D eigenvalue weighted by Crippen LogP contribution is -2.54. The fourth-order valence-electron chi connectivity index (χ4n) is 5.46. The van der Waals surface area contributed by atoms with Crippen molar-refractivity contribution in [3.8, 4) is 5.75 Å². The van der Waals surface area contributed by atoms with Crippen LogP contribution in [0.4, 0.5) is 15.3 Å². The Hall–Kier alpha value is -4.28. The molecule has 0 saturated carbocycles. The number of nitrogens with zero attached hydrogens (tertiary/aromatic N) is 3. The fraction of sp³-hybridized carbons (Fsp3) is 0.515. The Balaban J connectivity index is 1.46. The summed E-state index contributed by atoms with van der Waals surface area (Å²) in [6.45, 7) is 12.5. The van der Waals surface area contributed by atoms with Crippen LogP contribution in [0.15, 0.2) is 48.5 Å². The molecule has 2 aliphatic rings. The van der Waals surface area contributed by atoms with Crippen molar-refractivity contribution in [2.24, 2.45) is 0 Å². The highest BCUT2D eigenvalue weighted by Crippen LogP contribution is 2.35. The molecule has 4 amide bonds. The maximum Gasteiger partial charge on any atom is 0.410 e. The van der Waals surface area contributed by atoms with E-state index in [1.165, 1.54) is 4.90 Å². The van der Waals surface area contributed by atoms with Crippen molar-refractivity contribution in [3.63, 3.8) is 0 Å². The molecule has 2 heterocycles. The molecule has 1 N–H and O–H groups in total. The van der Waals surface area contributed by atoms with E-state index in [-0.39, 0.29) is 49.7 Å². The van der Waals surface area contributed by atoms with Gasteiger partial charge in [0.25, 0.3) is 11.8 Å². The zero-order valence-electron chi connectivity index (χ0n) is 26.5. The van der Waals surface area contributed by atoms with Crippen molar-refractivity contribution < 1.29 is 33.4 Å². The van der Waals surface area contributed by atoms with Crippen LogP contribution in [0.1, 0.15) is 70.3 Å². The molecule has 1 fully saturated rings. The number of piperidine rings is 1. The van der Waals surface area contributed by atoms with Gasteiger partial charge in [0.05, 0.1) is 11.7 Å². The van der Waals surface area contributed by atoms with Gasteiger partial charge in [-0.25, -0.2) is 9.59 Å². The van der Waals surface area contributed by atoms with Crippen LogP contribution in [0.25, 0.3) is 0 Å². The Kier molecular flexibility index (Phi) is 10.4. The summed E-state index contributed by atoms with van der Waals surface area (Å²) in [7, 11) is 0. The van der Waals surface area contributed by atoms with Gasteiger partial charge in [-0.1, -0.05) is 30.3 Å². The summed E-state index contributed by atoms with van der Waals surface area (Å²) in [6, 6.07) is 14.1. The molecule has 0 spiro atoms. The van der Waals surface area contributed by atoms with Gasteiger partial charge in [0.15, 0.2) is 6.10 Å². The first-order valence-corrected chi connectivity index (χ1v) is 15.2. The maximum atomic E-state index is 14.0. The first-order chi connectivity index (χ1) is 20.8. The lowest BCUT2D eigenvalue weighted by molar-refractivity contribution is -0.125. The fourth-order valence-corrected chi connectivity index (χ4v) is 5.46. The third kappa shape index (κ3) is 8.21. The third-order valence-electron chi connectivity index (χ3n) is 7.46. The van der Waals surface area contributed by atoms with Crippen LogP contribution in [0.5, 0.6) is 5.75 Å². The molecule has 1 saturated heterocycles. The van der Waals surface area contributed by atoms with E-state index in [1.807, 2.05) is 65.0 Å². The topological polar surface area (TPSA) is 118 Å². The van der Waals surface area contributed by atoms with E-state index in [9.17, 15) is 19.2 Å². The second-order valence-electron chi connectivity index (χ2n) is 12.4. The highest BCUT2D eigenvalue weighted by Gasteiger charge is 2.36. The smallest absolute Gasteiger partial charge is 0.410 e. The number of likely N-dealkylation sites (tertiary alicyclic amines) is 1. The number of ether oxygens (including phenoxy) is 3. The lowest BCUT2D eigenvalue weighted by Gasteiger charge is -2.41. The summed E-state index contributed by atoms with van der Waals surface area (Å²) in [4.78, 5) is 57.2. The predicted molar refractivity (Wildman–Crippen MR) is 166 cm³/mol. The average Bonchev–Trinajstić information content (AvgIpc) is 2.97. The Morgan fingerprint density at radius 1 is 1.11 bits per heavy atom.